The van der Waals surface area contributed by atoms with Crippen LogP contribution in [0.15, 0.2) is 58.4 Å². The van der Waals surface area contributed by atoms with Crippen LogP contribution in [0.25, 0.3) is 11.0 Å². The van der Waals surface area contributed by atoms with Gasteiger partial charge in [0.15, 0.2) is 5.65 Å². The van der Waals surface area contributed by atoms with E-state index in [-0.39, 0.29) is 10.8 Å². The molecule has 0 saturated carbocycles. The van der Waals surface area contributed by atoms with E-state index in [1.807, 2.05) is 30.3 Å². The fourth-order valence-electron chi connectivity index (χ4n) is 2.09. The van der Waals surface area contributed by atoms with Gasteiger partial charge in [0.1, 0.15) is 0 Å². The first-order valence-electron chi connectivity index (χ1n) is 7.13. The minimum Gasteiger partial charge on any atom is -0.355 e. The number of aromatic amines is 1. The standard InChI is InChI=1S/C16H15ClN4OS/c17-9-12(23-11-5-2-1-3-6-11)10-19-16-20-14-13(15(22)21-16)7-4-8-18-14/h1-8,12H,9-10H2,(H2,18,19,20,21,22). The van der Waals surface area contributed by atoms with Crippen molar-refractivity contribution in [3.8, 4) is 0 Å². The number of fused-ring (bicyclic) bond motifs is 1. The number of hydrogen-bond acceptors (Lipinski definition) is 5. The highest BCUT2D eigenvalue weighted by molar-refractivity contribution is 8.00. The smallest absolute Gasteiger partial charge is 0.261 e. The summed E-state index contributed by atoms with van der Waals surface area (Å²) in [6, 6.07) is 13.5. The molecular formula is C16H15ClN4OS. The van der Waals surface area contributed by atoms with E-state index in [9.17, 15) is 4.79 Å². The summed E-state index contributed by atoms with van der Waals surface area (Å²) in [7, 11) is 0. The van der Waals surface area contributed by atoms with Crippen LogP contribution in [0.1, 0.15) is 0 Å². The summed E-state index contributed by atoms with van der Waals surface area (Å²) < 4.78 is 0. The maximum absolute atomic E-state index is 12.0. The third kappa shape index (κ3) is 4.03. The van der Waals surface area contributed by atoms with Crippen molar-refractivity contribution in [3.63, 3.8) is 0 Å². The van der Waals surface area contributed by atoms with Crippen LogP contribution >= 0.6 is 23.4 Å². The Labute approximate surface area is 142 Å². The van der Waals surface area contributed by atoms with E-state index in [4.69, 9.17) is 11.6 Å². The number of halogens is 1. The van der Waals surface area contributed by atoms with Crippen LogP contribution in [0.2, 0.25) is 0 Å². The first-order valence-corrected chi connectivity index (χ1v) is 8.54. The molecule has 2 aromatic heterocycles. The Bertz CT molecular complexity index is 840. The van der Waals surface area contributed by atoms with Crippen molar-refractivity contribution in [3.05, 3.63) is 59.0 Å². The van der Waals surface area contributed by atoms with E-state index < -0.39 is 0 Å². The fraction of sp³-hybridized carbons (Fsp3) is 0.188. The third-order valence-corrected chi connectivity index (χ3v) is 4.96. The number of rotatable bonds is 6. The number of nitrogens with one attached hydrogen (secondary N) is 2. The number of anilines is 1. The Morgan fingerprint density at radius 1 is 1.22 bits per heavy atom. The summed E-state index contributed by atoms with van der Waals surface area (Å²) in [5.74, 6) is 0.896. The monoisotopic (exact) mass is 346 g/mol. The zero-order chi connectivity index (χ0) is 16.1. The van der Waals surface area contributed by atoms with E-state index in [2.05, 4.69) is 20.3 Å². The van der Waals surface area contributed by atoms with Gasteiger partial charge in [0.05, 0.1) is 5.39 Å². The normalized spacial score (nSPS) is 12.2. The van der Waals surface area contributed by atoms with Gasteiger partial charge >= 0.3 is 0 Å². The molecule has 0 saturated heterocycles. The van der Waals surface area contributed by atoms with Crippen molar-refractivity contribution in [2.45, 2.75) is 10.1 Å². The molecule has 0 bridgehead atoms. The second-order valence-corrected chi connectivity index (χ2v) is 6.56. The molecule has 0 aliphatic rings. The predicted molar refractivity (Wildman–Crippen MR) is 95.5 cm³/mol. The van der Waals surface area contributed by atoms with E-state index in [0.29, 0.717) is 29.4 Å². The van der Waals surface area contributed by atoms with Gasteiger partial charge in [0.25, 0.3) is 5.56 Å². The Kier molecular flexibility index (Phi) is 5.15. The van der Waals surface area contributed by atoms with Crippen molar-refractivity contribution in [2.75, 3.05) is 17.7 Å². The van der Waals surface area contributed by atoms with E-state index >= 15 is 0 Å². The largest absolute Gasteiger partial charge is 0.355 e. The van der Waals surface area contributed by atoms with Gasteiger partial charge in [-0.15, -0.1) is 23.4 Å². The summed E-state index contributed by atoms with van der Waals surface area (Å²) in [5, 5.41) is 3.77. The molecule has 2 heterocycles. The second kappa shape index (κ2) is 7.48. The summed E-state index contributed by atoms with van der Waals surface area (Å²) in [4.78, 5) is 24.3. The molecule has 2 N–H and O–H groups in total. The molecule has 7 heteroatoms. The lowest BCUT2D eigenvalue weighted by Crippen LogP contribution is -2.21. The minimum absolute atomic E-state index is 0.156. The highest BCUT2D eigenvalue weighted by Gasteiger charge is 2.11. The average Bonchev–Trinajstić information content (AvgIpc) is 2.59. The Hall–Kier alpha value is -2.05. The van der Waals surface area contributed by atoms with Crippen LogP contribution < -0.4 is 10.9 Å². The van der Waals surface area contributed by atoms with Crippen LogP contribution in [0.4, 0.5) is 5.95 Å². The Balaban J connectivity index is 1.70. The van der Waals surface area contributed by atoms with Gasteiger partial charge in [-0.05, 0) is 24.3 Å². The van der Waals surface area contributed by atoms with Gasteiger partial charge in [0, 0.05) is 28.8 Å². The number of hydrogen-bond donors (Lipinski definition) is 2. The van der Waals surface area contributed by atoms with Crippen LogP contribution in [-0.2, 0) is 0 Å². The minimum atomic E-state index is -0.205. The lowest BCUT2D eigenvalue weighted by molar-refractivity contribution is 0.972. The number of thioether (sulfide) groups is 1. The Morgan fingerprint density at radius 3 is 2.83 bits per heavy atom. The summed E-state index contributed by atoms with van der Waals surface area (Å²) >= 11 is 7.73. The fourth-order valence-corrected chi connectivity index (χ4v) is 3.31. The van der Waals surface area contributed by atoms with Crippen molar-refractivity contribution in [1.29, 1.82) is 0 Å². The van der Waals surface area contributed by atoms with Crippen molar-refractivity contribution >= 4 is 40.3 Å². The summed E-state index contributed by atoms with van der Waals surface area (Å²) in [5.41, 5.74) is 0.223. The van der Waals surface area contributed by atoms with Crippen LogP contribution in [0.5, 0.6) is 0 Å². The van der Waals surface area contributed by atoms with E-state index in [1.165, 1.54) is 0 Å². The van der Waals surface area contributed by atoms with Gasteiger partial charge in [0.2, 0.25) is 5.95 Å². The SMILES string of the molecule is O=c1[nH]c(NCC(CCl)Sc2ccccc2)nc2ncccc12. The molecule has 1 atom stereocenters. The van der Waals surface area contributed by atoms with Gasteiger partial charge < -0.3 is 5.32 Å². The molecule has 3 rings (SSSR count). The van der Waals surface area contributed by atoms with Crippen LogP contribution in [-0.4, -0.2) is 32.6 Å². The van der Waals surface area contributed by atoms with Gasteiger partial charge in [-0.3, -0.25) is 9.78 Å². The number of aromatic nitrogens is 3. The third-order valence-electron chi connectivity index (χ3n) is 3.20. The highest BCUT2D eigenvalue weighted by atomic mass is 35.5. The van der Waals surface area contributed by atoms with Gasteiger partial charge in [-0.1, -0.05) is 18.2 Å². The summed E-state index contributed by atoms with van der Waals surface area (Å²) in [6.07, 6.45) is 1.62. The zero-order valence-electron chi connectivity index (χ0n) is 12.2. The predicted octanol–water partition coefficient (Wildman–Crippen LogP) is 3.13. The molecule has 23 heavy (non-hydrogen) atoms. The van der Waals surface area contributed by atoms with Gasteiger partial charge in [-0.2, -0.15) is 4.98 Å². The molecule has 1 aromatic carbocycles. The highest BCUT2D eigenvalue weighted by Crippen LogP contribution is 2.24. The summed E-state index contributed by atoms with van der Waals surface area (Å²) in [6.45, 7) is 0.588. The molecule has 0 amide bonds. The first kappa shape index (κ1) is 15.8. The molecule has 0 aliphatic heterocycles. The van der Waals surface area contributed by atoms with Crippen molar-refractivity contribution in [2.24, 2.45) is 0 Å². The molecular weight excluding hydrogens is 332 g/mol. The molecule has 0 radical (unpaired) electrons. The Morgan fingerprint density at radius 2 is 2.04 bits per heavy atom. The maximum atomic E-state index is 12.0. The zero-order valence-corrected chi connectivity index (χ0v) is 13.8. The van der Waals surface area contributed by atoms with Crippen LogP contribution in [0, 0.1) is 0 Å². The van der Waals surface area contributed by atoms with Crippen LogP contribution in [0.3, 0.4) is 0 Å². The van der Waals surface area contributed by atoms with E-state index in [0.717, 1.165) is 4.90 Å². The molecule has 1 unspecified atom stereocenters. The number of pyridine rings is 1. The average molecular weight is 347 g/mol. The molecule has 3 aromatic rings. The topological polar surface area (TPSA) is 70.7 Å². The molecule has 0 aliphatic carbocycles. The second-order valence-electron chi connectivity index (χ2n) is 4.88. The van der Waals surface area contributed by atoms with Crippen molar-refractivity contribution < 1.29 is 0 Å². The lowest BCUT2D eigenvalue weighted by Gasteiger charge is -2.14. The molecule has 0 spiro atoms. The lowest BCUT2D eigenvalue weighted by atomic mass is 10.3. The number of benzene rings is 1. The van der Waals surface area contributed by atoms with Crippen molar-refractivity contribution in [1.82, 2.24) is 15.0 Å². The first-order chi connectivity index (χ1) is 11.3. The quantitative estimate of drug-likeness (QED) is 0.530. The molecule has 118 valence electrons. The number of alkyl halides is 1. The number of H-pyrrole nitrogens is 1. The molecule has 5 nitrogen and oxygen atoms in total. The number of nitrogens with zero attached hydrogens (tertiary/aromatic N) is 2. The maximum Gasteiger partial charge on any atom is 0.261 e. The van der Waals surface area contributed by atoms with E-state index in [1.54, 1.807) is 30.1 Å². The van der Waals surface area contributed by atoms with Gasteiger partial charge in [-0.25, -0.2) is 4.98 Å². The molecule has 0 fully saturated rings.